The van der Waals surface area contributed by atoms with Crippen molar-refractivity contribution in [2.45, 2.75) is 0 Å². The molecule has 6 nitrogen and oxygen atoms in total. The topological polar surface area (TPSA) is 109 Å². The van der Waals surface area contributed by atoms with Crippen LogP contribution in [0.2, 0.25) is 0 Å². The summed E-state index contributed by atoms with van der Waals surface area (Å²) < 4.78 is 49.1. The predicted molar refractivity (Wildman–Crippen MR) is 12.9 cm³/mol. The molecule has 4 radical (unpaired) electrons. The summed E-state index contributed by atoms with van der Waals surface area (Å²) in [4.78, 5) is 0. The van der Waals surface area contributed by atoms with Crippen LogP contribution < -0.4 is 0 Å². The summed E-state index contributed by atoms with van der Waals surface area (Å²) in [7, 11) is 0. The molecule has 0 unspecified atom stereocenters. The molecule has 0 aliphatic carbocycles. The van der Waals surface area contributed by atoms with Crippen molar-refractivity contribution in [2.75, 3.05) is 0 Å². The Labute approximate surface area is 84.0 Å². The van der Waals surface area contributed by atoms with Crippen LogP contribution in [-0.4, -0.2) is 34.5 Å². The number of hydrogen-bond donors (Lipinski definition) is 2. The number of hydrogen-bond acceptors (Lipinski definition) is 4. The molecular weight excluding hydrogens is 489 g/mol. The first-order chi connectivity index (χ1) is 3.46. The van der Waals surface area contributed by atoms with Gasteiger partial charge in [-0.1, -0.05) is 0 Å². The van der Waals surface area contributed by atoms with Crippen molar-refractivity contribution in [1.29, 1.82) is 0 Å². The molecule has 9 heavy (non-hydrogen) atoms. The maximum Gasteiger partial charge on any atom is 0 e. The Balaban J connectivity index is -0.0000000720. The van der Waals surface area contributed by atoms with Gasteiger partial charge in [-0.3, -0.25) is 0 Å². The van der Waals surface area contributed by atoms with Gasteiger partial charge in [0.05, 0.1) is 0 Å². The molecule has 0 rings (SSSR count). The predicted octanol–water partition coefficient (Wildman–Crippen LogP) is -1.98. The summed E-state index contributed by atoms with van der Waals surface area (Å²) in [5.74, 6) is 0. The molecule has 0 heterocycles. The molecule has 0 saturated carbocycles. The molecule has 0 spiro atoms. The Kier molecular flexibility index (Phi) is 22.9. The first-order valence-corrected chi connectivity index (χ1v) is 6.69. The fourth-order valence-corrected chi connectivity index (χ4v) is 0. The van der Waals surface area contributed by atoms with Crippen LogP contribution in [0.5, 0.6) is 0 Å². The van der Waals surface area contributed by atoms with Crippen LogP contribution in [0.4, 0.5) is 0 Å². The van der Waals surface area contributed by atoms with Crippen molar-refractivity contribution >= 4 is 27.3 Å². The SMILES string of the molecule is [O]=[Nb](=[O])[OH].[O]=[Nb](=[O])[OH].[Pb]. The molecule has 0 saturated heterocycles. The molecule has 0 aromatic carbocycles. The summed E-state index contributed by atoms with van der Waals surface area (Å²) in [5, 5.41) is 0. The third kappa shape index (κ3) is 232. The van der Waals surface area contributed by atoms with Gasteiger partial charge in [0.2, 0.25) is 0 Å². The van der Waals surface area contributed by atoms with Gasteiger partial charge in [0, 0.05) is 27.3 Å². The van der Waals surface area contributed by atoms with Crippen LogP contribution >= 0.6 is 0 Å². The largest absolute Gasteiger partial charge is 0 e. The van der Waals surface area contributed by atoms with E-state index in [2.05, 4.69) is 0 Å². The minimum atomic E-state index is -3.95. The molecule has 0 bridgehead atoms. The molecule has 9 heteroatoms. The Morgan fingerprint density at radius 1 is 0.778 bits per heavy atom. The van der Waals surface area contributed by atoms with Gasteiger partial charge in [0.1, 0.15) is 0 Å². The van der Waals surface area contributed by atoms with E-state index in [1.54, 1.807) is 0 Å². The zero-order valence-corrected chi connectivity index (χ0v) is 12.2. The zero-order valence-electron chi connectivity index (χ0n) is 3.92. The molecule has 0 fully saturated rings. The van der Waals surface area contributed by atoms with E-state index in [1.165, 1.54) is 0 Å². The molecule has 0 aliphatic rings. The van der Waals surface area contributed by atoms with Crippen LogP contribution in [-0.2, 0) is 50.6 Å². The van der Waals surface area contributed by atoms with Crippen LogP contribution in [0.25, 0.3) is 0 Å². The molecular formula is H2Nb2O6Pb. The maximum absolute atomic E-state index is 8.71. The van der Waals surface area contributed by atoms with Gasteiger partial charge in [-0.25, -0.2) is 0 Å². The van der Waals surface area contributed by atoms with Crippen molar-refractivity contribution in [3.05, 3.63) is 0 Å². The Bertz CT molecular complexity index is 128. The first kappa shape index (κ1) is 16.9. The normalized spacial score (nSPS) is 5.56. The molecule has 52 valence electrons. The third-order valence-corrected chi connectivity index (χ3v) is 0. The van der Waals surface area contributed by atoms with Gasteiger partial charge in [0.25, 0.3) is 0 Å². The van der Waals surface area contributed by atoms with E-state index in [9.17, 15) is 0 Å². The molecule has 0 aliphatic heterocycles. The summed E-state index contributed by atoms with van der Waals surface area (Å²) in [6.07, 6.45) is 0. The third-order valence-electron chi connectivity index (χ3n) is 0. The molecule has 0 aromatic rings. The minimum absolute atomic E-state index is 0. The average molecular weight is 491 g/mol. The van der Waals surface area contributed by atoms with E-state index in [4.69, 9.17) is 20.2 Å². The maximum atomic E-state index is 8.71. The van der Waals surface area contributed by atoms with Crippen LogP contribution in [0.1, 0.15) is 0 Å². The minimum Gasteiger partial charge on any atom is 0 e. The van der Waals surface area contributed by atoms with Crippen LogP contribution in [0.3, 0.4) is 0 Å². The Morgan fingerprint density at radius 3 is 0.778 bits per heavy atom. The van der Waals surface area contributed by atoms with Gasteiger partial charge in [-0.2, -0.15) is 0 Å². The number of rotatable bonds is 0. The van der Waals surface area contributed by atoms with Gasteiger partial charge < -0.3 is 0 Å². The van der Waals surface area contributed by atoms with E-state index in [0.29, 0.717) is 0 Å². The van der Waals surface area contributed by atoms with Crippen molar-refractivity contribution in [1.82, 2.24) is 0 Å². The summed E-state index contributed by atoms with van der Waals surface area (Å²) in [6, 6.07) is 0. The second-order valence-corrected chi connectivity index (χ2v) is 2.81. The second-order valence-electron chi connectivity index (χ2n) is 0.476. The molecule has 2 N–H and O–H groups in total. The summed E-state index contributed by atoms with van der Waals surface area (Å²) >= 11 is -7.90. The second kappa shape index (κ2) is 12.2. The van der Waals surface area contributed by atoms with Crippen molar-refractivity contribution in [2.24, 2.45) is 0 Å². The van der Waals surface area contributed by atoms with Crippen molar-refractivity contribution < 1.29 is 57.8 Å². The fourth-order valence-electron chi connectivity index (χ4n) is 0. The smallest absolute Gasteiger partial charge is 0 e. The quantitative estimate of drug-likeness (QED) is 0.381. The van der Waals surface area contributed by atoms with E-state index >= 15 is 0 Å². The monoisotopic (exact) mass is 492 g/mol. The average Bonchev–Trinajstić information content (AvgIpc) is 1.25. The molecule has 0 amide bonds. The zero-order chi connectivity index (χ0) is 7.15. The van der Waals surface area contributed by atoms with E-state index in [0.717, 1.165) is 0 Å². The summed E-state index contributed by atoms with van der Waals surface area (Å²) in [6.45, 7) is 0. The van der Waals surface area contributed by atoms with E-state index in [1.807, 2.05) is 0 Å². The van der Waals surface area contributed by atoms with Gasteiger partial charge >= 0.3 is 57.8 Å². The Morgan fingerprint density at radius 2 is 0.778 bits per heavy atom. The van der Waals surface area contributed by atoms with Crippen molar-refractivity contribution in [3.63, 3.8) is 0 Å². The van der Waals surface area contributed by atoms with Crippen LogP contribution in [0.15, 0.2) is 0 Å². The molecule has 0 aromatic heterocycles. The summed E-state index contributed by atoms with van der Waals surface area (Å²) in [5.41, 5.74) is 0. The standard InChI is InChI=1S/2Nb.2H2O.4O.Pb/h;;2*1H2;;;;;/q2*+1;;;;;;;/p-2. The first-order valence-electron chi connectivity index (χ1n) is 1.13. The molecule has 0 atom stereocenters. The fraction of sp³-hybridized carbons (Fsp3) is 0. The van der Waals surface area contributed by atoms with Gasteiger partial charge in [-0.05, 0) is 0 Å². The van der Waals surface area contributed by atoms with E-state index in [-0.39, 0.29) is 27.3 Å². The van der Waals surface area contributed by atoms with Crippen LogP contribution in [0, 0.1) is 0 Å². The van der Waals surface area contributed by atoms with Gasteiger partial charge in [0.15, 0.2) is 0 Å². The van der Waals surface area contributed by atoms with Gasteiger partial charge in [-0.15, -0.1) is 0 Å². The Hall–Kier alpha value is 1.52. The van der Waals surface area contributed by atoms with E-state index < -0.39 is 37.6 Å². The van der Waals surface area contributed by atoms with Crippen molar-refractivity contribution in [3.8, 4) is 0 Å².